The number of rotatable bonds is 2. The molecule has 0 aliphatic carbocycles. The maximum Gasteiger partial charge on any atom is 0.142 e. The number of piperazine rings is 1. The summed E-state index contributed by atoms with van der Waals surface area (Å²) in [5, 5.41) is 1.08. The highest BCUT2D eigenvalue weighted by Crippen LogP contribution is 2.23. The van der Waals surface area contributed by atoms with Crippen LogP contribution in [0.1, 0.15) is 0 Å². The summed E-state index contributed by atoms with van der Waals surface area (Å²) in [4.78, 5) is 24.7. The Labute approximate surface area is 121 Å². The fourth-order valence-electron chi connectivity index (χ4n) is 2.73. The summed E-state index contributed by atoms with van der Waals surface area (Å²) in [6, 6.07) is 3.98. The van der Waals surface area contributed by atoms with Crippen molar-refractivity contribution in [3.05, 3.63) is 37.2 Å². The fraction of sp³-hybridized carbons (Fsp3) is 0.286. The summed E-state index contributed by atoms with van der Waals surface area (Å²) >= 11 is 0. The topological polar surface area (TPSA) is 73.8 Å². The van der Waals surface area contributed by atoms with Crippen molar-refractivity contribution in [2.75, 3.05) is 36.0 Å². The first-order valence-corrected chi connectivity index (χ1v) is 6.96. The average Bonchev–Trinajstić information content (AvgIpc) is 3.04. The van der Waals surface area contributed by atoms with Gasteiger partial charge >= 0.3 is 0 Å². The van der Waals surface area contributed by atoms with Gasteiger partial charge < -0.3 is 14.8 Å². The van der Waals surface area contributed by atoms with Crippen LogP contribution in [0.5, 0.6) is 0 Å². The monoisotopic (exact) mass is 281 g/mol. The second kappa shape index (κ2) is 5.01. The SMILES string of the molecule is c1cc(N2CCN(c3ncnc4[nH]ccc34)CC2)ncn1. The lowest BCUT2D eigenvalue weighted by Gasteiger charge is -2.36. The van der Waals surface area contributed by atoms with Gasteiger partial charge in [0.2, 0.25) is 0 Å². The third-order valence-electron chi connectivity index (χ3n) is 3.80. The van der Waals surface area contributed by atoms with Gasteiger partial charge in [-0.3, -0.25) is 0 Å². The van der Waals surface area contributed by atoms with Crippen molar-refractivity contribution in [3.63, 3.8) is 0 Å². The molecular formula is C14H15N7. The number of aromatic amines is 1. The van der Waals surface area contributed by atoms with Gasteiger partial charge in [0.25, 0.3) is 0 Å². The molecule has 7 nitrogen and oxygen atoms in total. The van der Waals surface area contributed by atoms with Crippen LogP contribution in [0.3, 0.4) is 0 Å². The van der Waals surface area contributed by atoms with E-state index < -0.39 is 0 Å². The van der Waals surface area contributed by atoms with Gasteiger partial charge in [-0.15, -0.1) is 0 Å². The number of aromatic nitrogens is 5. The van der Waals surface area contributed by atoms with E-state index in [1.54, 1.807) is 18.9 Å². The van der Waals surface area contributed by atoms with Crippen molar-refractivity contribution in [1.82, 2.24) is 24.9 Å². The van der Waals surface area contributed by atoms with E-state index in [4.69, 9.17) is 0 Å². The molecule has 0 radical (unpaired) electrons. The molecule has 1 N–H and O–H groups in total. The third kappa shape index (κ3) is 2.16. The summed E-state index contributed by atoms with van der Waals surface area (Å²) < 4.78 is 0. The molecule has 7 heteroatoms. The van der Waals surface area contributed by atoms with E-state index >= 15 is 0 Å². The van der Waals surface area contributed by atoms with Gasteiger partial charge in [-0.2, -0.15) is 0 Å². The van der Waals surface area contributed by atoms with E-state index in [2.05, 4.69) is 34.7 Å². The Kier molecular flexibility index (Phi) is 2.88. The number of hydrogen-bond acceptors (Lipinski definition) is 6. The number of nitrogens with one attached hydrogen (secondary N) is 1. The maximum absolute atomic E-state index is 4.45. The summed E-state index contributed by atoms with van der Waals surface area (Å²) in [6.45, 7) is 3.68. The fourth-order valence-corrected chi connectivity index (χ4v) is 2.73. The Bertz CT molecular complexity index is 731. The molecule has 0 saturated carbocycles. The smallest absolute Gasteiger partial charge is 0.142 e. The standard InChI is InChI=1S/C14H15N7/c1-4-16-13-11(1)14(19-10-18-13)21-7-5-20(6-8-21)12-2-3-15-9-17-12/h1-4,9-10H,5-8H2,(H,16,18,19). The van der Waals surface area contributed by atoms with Gasteiger partial charge in [-0.1, -0.05) is 0 Å². The van der Waals surface area contributed by atoms with Crippen LogP contribution in [0, 0.1) is 0 Å². The molecule has 4 rings (SSSR count). The van der Waals surface area contributed by atoms with Crippen LogP contribution in [-0.2, 0) is 0 Å². The van der Waals surface area contributed by atoms with Crippen molar-refractivity contribution < 1.29 is 0 Å². The molecule has 1 aliphatic heterocycles. The summed E-state index contributed by atoms with van der Waals surface area (Å²) in [5.74, 6) is 1.99. The lowest BCUT2D eigenvalue weighted by Crippen LogP contribution is -2.47. The zero-order valence-corrected chi connectivity index (χ0v) is 11.5. The van der Waals surface area contributed by atoms with Gasteiger partial charge in [0.1, 0.15) is 29.9 Å². The molecule has 3 aromatic rings. The van der Waals surface area contributed by atoms with Crippen LogP contribution in [-0.4, -0.2) is 51.1 Å². The lowest BCUT2D eigenvalue weighted by atomic mass is 10.2. The van der Waals surface area contributed by atoms with Crippen molar-refractivity contribution in [3.8, 4) is 0 Å². The second-order valence-corrected chi connectivity index (χ2v) is 4.98. The highest BCUT2D eigenvalue weighted by atomic mass is 15.3. The molecule has 0 unspecified atom stereocenters. The van der Waals surface area contributed by atoms with Crippen molar-refractivity contribution in [1.29, 1.82) is 0 Å². The molecule has 21 heavy (non-hydrogen) atoms. The largest absolute Gasteiger partial charge is 0.353 e. The summed E-state index contributed by atoms with van der Waals surface area (Å²) in [6.07, 6.45) is 6.89. The molecule has 3 aromatic heterocycles. The van der Waals surface area contributed by atoms with Crippen LogP contribution in [0.15, 0.2) is 37.2 Å². The Morgan fingerprint density at radius 2 is 1.76 bits per heavy atom. The molecule has 106 valence electrons. The molecule has 4 heterocycles. The first kappa shape index (κ1) is 12.1. The average molecular weight is 281 g/mol. The van der Waals surface area contributed by atoms with Crippen LogP contribution in [0.2, 0.25) is 0 Å². The normalized spacial score (nSPS) is 15.6. The van der Waals surface area contributed by atoms with E-state index in [9.17, 15) is 0 Å². The van der Waals surface area contributed by atoms with E-state index in [-0.39, 0.29) is 0 Å². The molecule has 0 aromatic carbocycles. The zero-order chi connectivity index (χ0) is 14.1. The first-order chi connectivity index (χ1) is 10.4. The summed E-state index contributed by atoms with van der Waals surface area (Å²) in [5.41, 5.74) is 0.887. The minimum Gasteiger partial charge on any atom is -0.353 e. The van der Waals surface area contributed by atoms with Crippen molar-refractivity contribution in [2.45, 2.75) is 0 Å². The second-order valence-electron chi connectivity index (χ2n) is 4.98. The maximum atomic E-state index is 4.45. The molecule has 0 atom stereocenters. The zero-order valence-electron chi connectivity index (χ0n) is 11.5. The number of hydrogen-bond donors (Lipinski definition) is 1. The predicted molar refractivity (Wildman–Crippen MR) is 80.3 cm³/mol. The lowest BCUT2D eigenvalue weighted by molar-refractivity contribution is 0.642. The molecule has 1 aliphatic rings. The molecule has 0 bridgehead atoms. The number of fused-ring (bicyclic) bond motifs is 1. The quantitative estimate of drug-likeness (QED) is 0.757. The Morgan fingerprint density at radius 3 is 2.57 bits per heavy atom. The van der Waals surface area contributed by atoms with Gasteiger partial charge in [-0.05, 0) is 12.1 Å². The van der Waals surface area contributed by atoms with Gasteiger partial charge in [0.05, 0.1) is 5.39 Å². The van der Waals surface area contributed by atoms with E-state index in [0.29, 0.717) is 0 Å². The van der Waals surface area contributed by atoms with Crippen molar-refractivity contribution in [2.24, 2.45) is 0 Å². The van der Waals surface area contributed by atoms with Crippen LogP contribution < -0.4 is 9.80 Å². The number of nitrogens with zero attached hydrogens (tertiary/aromatic N) is 6. The Hall–Kier alpha value is -2.70. The number of anilines is 2. The molecule has 0 amide bonds. The van der Waals surface area contributed by atoms with Gasteiger partial charge in [0.15, 0.2) is 0 Å². The Morgan fingerprint density at radius 1 is 0.905 bits per heavy atom. The van der Waals surface area contributed by atoms with Crippen LogP contribution in [0.4, 0.5) is 11.6 Å². The predicted octanol–water partition coefficient (Wildman–Crippen LogP) is 1.07. The van der Waals surface area contributed by atoms with E-state index in [0.717, 1.165) is 48.8 Å². The van der Waals surface area contributed by atoms with Crippen LogP contribution in [0.25, 0.3) is 11.0 Å². The van der Waals surface area contributed by atoms with Crippen molar-refractivity contribution >= 4 is 22.7 Å². The van der Waals surface area contributed by atoms with Crippen LogP contribution >= 0.6 is 0 Å². The van der Waals surface area contributed by atoms with E-state index in [1.807, 2.05) is 18.3 Å². The molecular weight excluding hydrogens is 266 g/mol. The van der Waals surface area contributed by atoms with E-state index in [1.165, 1.54) is 0 Å². The van der Waals surface area contributed by atoms with Gasteiger partial charge in [-0.25, -0.2) is 19.9 Å². The third-order valence-corrected chi connectivity index (χ3v) is 3.80. The molecule has 0 spiro atoms. The highest BCUT2D eigenvalue weighted by molar-refractivity contribution is 5.87. The molecule has 1 fully saturated rings. The summed E-state index contributed by atoms with van der Waals surface area (Å²) in [7, 11) is 0. The molecule has 1 saturated heterocycles. The minimum absolute atomic E-state index is 0.887. The minimum atomic E-state index is 0.887. The first-order valence-electron chi connectivity index (χ1n) is 6.96. The Balaban J connectivity index is 1.54. The van der Waals surface area contributed by atoms with Gasteiger partial charge in [0, 0.05) is 38.6 Å². The highest BCUT2D eigenvalue weighted by Gasteiger charge is 2.20. The number of H-pyrrole nitrogens is 1.